The van der Waals surface area contributed by atoms with Crippen molar-refractivity contribution in [2.45, 2.75) is 46.5 Å². The van der Waals surface area contributed by atoms with Crippen molar-refractivity contribution in [3.05, 3.63) is 0 Å². The van der Waals surface area contributed by atoms with Crippen LogP contribution in [0.4, 0.5) is 0 Å². The van der Waals surface area contributed by atoms with Crippen molar-refractivity contribution in [2.75, 3.05) is 0 Å². The minimum atomic E-state index is 0.735. The number of hydrogen-bond donors (Lipinski definition) is 0. The Morgan fingerprint density at radius 3 is 2.33 bits per heavy atom. The zero-order valence-corrected chi connectivity index (χ0v) is 8.30. The van der Waals surface area contributed by atoms with Crippen LogP contribution in [0.15, 0.2) is 10.2 Å². The van der Waals surface area contributed by atoms with Gasteiger partial charge in [-0.3, -0.25) is 0 Å². The molecular formula is C10H18N2. The molecule has 0 atom stereocenters. The molecule has 12 heavy (non-hydrogen) atoms. The molecule has 1 aliphatic rings. The maximum Gasteiger partial charge on any atom is 0.0405 e. The summed E-state index contributed by atoms with van der Waals surface area (Å²) >= 11 is 0. The largest absolute Gasteiger partial charge is 0.161 e. The predicted octanol–water partition coefficient (Wildman–Crippen LogP) is 3.03. The highest BCUT2D eigenvalue weighted by Crippen LogP contribution is 2.27. The van der Waals surface area contributed by atoms with Gasteiger partial charge in [0, 0.05) is 11.4 Å². The summed E-state index contributed by atoms with van der Waals surface area (Å²) in [6.07, 6.45) is 5.00. The van der Waals surface area contributed by atoms with E-state index < -0.39 is 0 Å². The molecule has 0 aromatic carbocycles. The Bertz CT molecular complexity index is 200. The van der Waals surface area contributed by atoms with Gasteiger partial charge in [0.2, 0.25) is 0 Å². The van der Waals surface area contributed by atoms with E-state index in [0.717, 1.165) is 18.1 Å². The summed E-state index contributed by atoms with van der Waals surface area (Å²) in [6.45, 7) is 6.22. The molecule has 0 unspecified atom stereocenters. The van der Waals surface area contributed by atoms with Gasteiger partial charge >= 0.3 is 0 Å². The summed E-state index contributed by atoms with van der Waals surface area (Å²) in [5.41, 5.74) is 2.34. The minimum absolute atomic E-state index is 0.735. The molecule has 0 saturated heterocycles. The van der Waals surface area contributed by atoms with Crippen LogP contribution in [0, 0.1) is 5.92 Å². The number of nitrogens with zero attached hydrogens (tertiary/aromatic N) is 2. The fourth-order valence-electron chi connectivity index (χ4n) is 1.14. The Hall–Kier alpha value is -0.660. The highest BCUT2D eigenvalue weighted by molar-refractivity contribution is 5.87. The third-order valence-electron chi connectivity index (χ3n) is 2.59. The van der Waals surface area contributed by atoms with Gasteiger partial charge in [0.25, 0.3) is 0 Å². The van der Waals surface area contributed by atoms with Crippen molar-refractivity contribution in [1.29, 1.82) is 0 Å². The van der Waals surface area contributed by atoms with Crippen LogP contribution in [-0.2, 0) is 0 Å². The SMILES string of the molecule is CC/C(C)=N/N=C(\C)C1CCC1. The highest BCUT2D eigenvalue weighted by atomic mass is 15.2. The molecule has 0 N–H and O–H groups in total. The Labute approximate surface area is 74.8 Å². The van der Waals surface area contributed by atoms with Gasteiger partial charge < -0.3 is 0 Å². The van der Waals surface area contributed by atoms with E-state index in [9.17, 15) is 0 Å². The topological polar surface area (TPSA) is 24.7 Å². The lowest BCUT2D eigenvalue weighted by Crippen LogP contribution is -2.19. The van der Waals surface area contributed by atoms with Crippen LogP contribution in [0.1, 0.15) is 46.5 Å². The van der Waals surface area contributed by atoms with Gasteiger partial charge in [-0.25, -0.2) is 0 Å². The summed E-state index contributed by atoms with van der Waals surface area (Å²) < 4.78 is 0. The minimum Gasteiger partial charge on any atom is -0.161 e. The van der Waals surface area contributed by atoms with Crippen LogP contribution in [0.5, 0.6) is 0 Å². The van der Waals surface area contributed by atoms with Gasteiger partial charge in [-0.05, 0) is 39.0 Å². The molecule has 0 aromatic rings. The molecule has 1 saturated carbocycles. The molecule has 0 amide bonds. The van der Waals surface area contributed by atoms with E-state index in [4.69, 9.17) is 0 Å². The zero-order chi connectivity index (χ0) is 8.97. The maximum atomic E-state index is 4.22. The first kappa shape index (κ1) is 9.43. The molecule has 0 aliphatic heterocycles. The molecule has 0 spiro atoms. The third kappa shape index (κ3) is 2.43. The molecule has 1 aliphatic carbocycles. The molecule has 68 valence electrons. The molecule has 2 heteroatoms. The van der Waals surface area contributed by atoms with Crippen molar-refractivity contribution in [3.8, 4) is 0 Å². The predicted molar refractivity (Wildman–Crippen MR) is 53.9 cm³/mol. The van der Waals surface area contributed by atoms with E-state index in [1.54, 1.807) is 0 Å². The van der Waals surface area contributed by atoms with Crippen molar-refractivity contribution in [3.63, 3.8) is 0 Å². The summed E-state index contributed by atoms with van der Waals surface area (Å²) in [7, 11) is 0. The number of hydrogen-bond acceptors (Lipinski definition) is 2. The fourth-order valence-corrected chi connectivity index (χ4v) is 1.14. The van der Waals surface area contributed by atoms with Crippen LogP contribution in [-0.4, -0.2) is 11.4 Å². The molecule has 0 bridgehead atoms. The van der Waals surface area contributed by atoms with Crippen molar-refractivity contribution >= 4 is 11.4 Å². The average Bonchev–Trinajstić information content (AvgIpc) is 1.97. The second kappa shape index (κ2) is 4.39. The zero-order valence-electron chi connectivity index (χ0n) is 8.30. The van der Waals surface area contributed by atoms with E-state index in [0.29, 0.717) is 0 Å². The van der Waals surface area contributed by atoms with Crippen molar-refractivity contribution in [1.82, 2.24) is 0 Å². The summed E-state index contributed by atoms with van der Waals surface area (Å²) in [6, 6.07) is 0. The maximum absolute atomic E-state index is 4.22. The van der Waals surface area contributed by atoms with Crippen LogP contribution in [0.25, 0.3) is 0 Å². The Kier molecular flexibility index (Phi) is 3.45. The summed E-state index contributed by atoms with van der Waals surface area (Å²) in [5, 5.41) is 8.37. The average molecular weight is 166 g/mol. The quantitative estimate of drug-likeness (QED) is 0.455. The standard InChI is InChI=1S/C10H18N2/c1-4-8(2)11-12-9(3)10-6-5-7-10/h10H,4-7H2,1-3H3/b11-8+,12-9+. The third-order valence-corrected chi connectivity index (χ3v) is 2.59. The van der Waals surface area contributed by atoms with Gasteiger partial charge in [-0.15, -0.1) is 0 Å². The Balaban J connectivity index is 2.44. The molecule has 2 nitrogen and oxygen atoms in total. The molecule has 0 aromatic heterocycles. The highest BCUT2D eigenvalue weighted by Gasteiger charge is 2.19. The normalized spacial score (nSPS) is 20.9. The molecule has 1 fully saturated rings. The first-order chi connectivity index (χ1) is 5.74. The molecular weight excluding hydrogens is 148 g/mol. The summed E-state index contributed by atoms with van der Waals surface area (Å²) in [4.78, 5) is 0. The monoisotopic (exact) mass is 166 g/mol. The lowest BCUT2D eigenvalue weighted by Gasteiger charge is -2.24. The van der Waals surface area contributed by atoms with E-state index in [1.807, 2.05) is 6.92 Å². The second-order valence-corrected chi connectivity index (χ2v) is 3.56. The fraction of sp³-hybridized carbons (Fsp3) is 0.800. The molecule has 1 rings (SSSR count). The Morgan fingerprint density at radius 2 is 1.92 bits per heavy atom. The second-order valence-electron chi connectivity index (χ2n) is 3.56. The van der Waals surface area contributed by atoms with Crippen LogP contribution in [0.3, 0.4) is 0 Å². The van der Waals surface area contributed by atoms with Crippen molar-refractivity contribution < 1.29 is 0 Å². The van der Waals surface area contributed by atoms with Crippen LogP contribution < -0.4 is 0 Å². The van der Waals surface area contributed by atoms with E-state index >= 15 is 0 Å². The number of rotatable bonds is 3. The smallest absolute Gasteiger partial charge is 0.0405 e. The van der Waals surface area contributed by atoms with Gasteiger partial charge in [0.15, 0.2) is 0 Å². The van der Waals surface area contributed by atoms with Gasteiger partial charge in [0.1, 0.15) is 0 Å². The Morgan fingerprint density at radius 1 is 1.25 bits per heavy atom. The van der Waals surface area contributed by atoms with Gasteiger partial charge in [-0.2, -0.15) is 10.2 Å². The van der Waals surface area contributed by atoms with Gasteiger partial charge in [-0.1, -0.05) is 13.3 Å². The summed E-state index contributed by atoms with van der Waals surface area (Å²) in [5.74, 6) is 0.735. The molecule has 0 heterocycles. The lowest BCUT2D eigenvalue weighted by molar-refractivity contribution is 0.411. The first-order valence-corrected chi connectivity index (χ1v) is 4.81. The van der Waals surface area contributed by atoms with E-state index in [1.165, 1.54) is 25.0 Å². The van der Waals surface area contributed by atoms with E-state index in [2.05, 4.69) is 24.1 Å². The van der Waals surface area contributed by atoms with Crippen LogP contribution in [0.2, 0.25) is 0 Å². The van der Waals surface area contributed by atoms with Crippen molar-refractivity contribution in [2.24, 2.45) is 16.1 Å². The lowest BCUT2D eigenvalue weighted by atomic mass is 9.82. The molecule has 0 radical (unpaired) electrons. The van der Waals surface area contributed by atoms with Gasteiger partial charge in [0.05, 0.1) is 0 Å². The first-order valence-electron chi connectivity index (χ1n) is 4.81. The van der Waals surface area contributed by atoms with Crippen LogP contribution >= 0.6 is 0 Å². The van der Waals surface area contributed by atoms with E-state index in [-0.39, 0.29) is 0 Å².